The average Bonchev–Trinajstić information content (AvgIpc) is 1.96. The van der Waals surface area contributed by atoms with E-state index in [1.165, 1.54) is 0 Å². The fourth-order valence-corrected chi connectivity index (χ4v) is 0.779. The van der Waals surface area contributed by atoms with E-state index in [1.807, 2.05) is 0 Å². The quantitative estimate of drug-likeness (QED) is 0.645. The van der Waals surface area contributed by atoms with E-state index in [1.54, 1.807) is 0 Å². The summed E-state index contributed by atoms with van der Waals surface area (Å²) in [6, 6.07) is 1.80. The summed E-state index contributed by atoms with van der Waals surface area (Å²) < 4.78 is 25.1. The van der Waals surface area contributed by atoms with Crippen LogP contribution in [0.25, 0.3) is 0 Å². The predicted octanol–water partition coefficient (Wildman–Crippen LogP) is 1.13. The Labute approximate surface area is 62.3 Å². The summed E-state index contributed by atoms with van der Waals surface area (Å²) in [4.78, 5) is 0. The molecular weight excluding hydrogens is 152 g/mol. The number of hydrogen-bond donors (Lipinski definition) is 2. The van der Waals surface area contributed by atoms with Crippen LogP contribution in [-0.4, -0.2) is 5.11 Å². The smallest absolute Gasteiger partial charge is 0.163 e. The van der Waals surface area contributed by atoms with Gasteiger partial charge in [0.15, 0.2) is 11.6 Å². The number of rotatable bonds is 1. The Kier molecular flexibility index (Phi) is 2.05. The number of aromatic hydroxyl groups is 1. The van der Waals surface area contributed by atoms with E-state index in [4.69, 9.17) is 10.8 Å². The van der Waals surface area contributed by atoms with Gasteiger partial charge in [0.05, 0.1) is 0 Å². The first-order valence-corrected chi connectivity index (χ1v) is 3.02. The number of phenols is 1. The molecule has 0 spiro atoms. The average molecular weight is 159 g/mol. The van der Waals surface area contributed by atoms with Crippen LogP contribution in [0.4, 0.5) is 8.78 Å². The van der Waals surface area contributed by atoms with Gasteiger partial charge in [0.2, 0.25) is 0 Å². The first-order valence-electron chi connectivity index (χ1n) is 3.02. The van der Waals surface area contributed by atoms with E-state index < -0.39 is 11.6 Å². The van der Waals surface area contributed by atoms with E-state index in [0.29, 0.717) is 6.07 Å². The molecule has 0 amide bonds. The van der Waals surface area contributed by atoms with Crippen molar-refractivity contribution in [2.45, 2.75) is 6.54 Å². The number of halogens is 2. The minimum absolute atomic E-state index is 0.0255. The summed E-state index contributed by atoms with van der Waals surface area (Å²) in [6.45, 7) is -0.128. The molecule has 1 aromatic carbocycles. The fourth-order valence-electron chi connectivity index (χ4n) is 0.779. The van der Waals surface area contributed by atoms with Crippen LogP contribution in [0.3, 0.4) is 0 Å². The molecular formula is C7H7F2NO. The molecule has 0 saturated carbocycles. The normalized spacial score (nSPS) is 10.1. The Hall–Kier alpha value is -1.16. The molecule has 0 fully saturated rings. The van der Waals surface area contributed by atoms with Gasteiger partial charge >= 0.3 is 0 Å². The van der Waals surface area contributed by atoms with Gasteiger partial charge in [-0.25, -0.2) is 8.78 Å². The Morgan fingerprint density at radius 3 is 2.55 bits per heavy atom. The molecule has 0 bridgehead atoms. The van der Waals surface area contributed by atoms with Crippen LogP contribution >= 0.6 is 0 Å². The molecule has 0 unspecified atom stereocenters. The molecule has 0 heterocycles. The molecule has 0 aliphatic rings. The third-order valence-electron chi connectivity index (χ3n) is 1.31. The predicted molar refractivity (Wildman–Crippen MR) is 35.9 cm³/mol. The second kappa shape index (κ2) is 2.84. The van der Waals surface area contributed by atoms with Gasteiger partial charge in [-0.3, -0.25) is 0 Å². The van der Waals surface area contributed by atoms with Crippen molar-refractivity contribution in [3.8, 4) is 5.75 Å². The van der Waals surface area contributed by atoms with Crippen molar-refractivity contribution in [2.75, 3.05) is 0 Å². The maximum Gasteiger partial charge on any atom is 0.163 e. The van der Waals surface area contributed by atoms with Gasteiger partial charge < -0.3 is 10.8 Å². The molecule has 1 aromatic rings. The molecule has 1 rings (SSSR count). The Balaban J connectivity index is 3.24. The van der Waals surface area contributed by atoms with Gasteiger partial charge in [-0.15, -0.1) is 0 Å². The summed E-state index contributed by atoms with van der Waals surface area (Å²) in [7, 11) is 0. The van der Waals surface area contributed by atoms with Crippen LogP contribution in [-0.2, 0) is 6.54 Å². The highest BCUT2D eigenvalue weighted by Crippen LogP contribution is 2.18. The maximum atomic E-state index is 12.6. The second-order valence-electron chi connectivity index (χ2n) is 2.10. The fraction of sp³-hybridized carbons (Fsp3) is 0.143. The molecule has 3 N–H and O–H groups in total. The SMILES string of the molecule is NCc1cc(O)cc(F)c1F. The van der Waals surface area contributed by atoms with Gasteiger partial charge in [-0.05, 0) is 6.07 Å². The minimum Gasteiger partial charge on any atom is -0.508 e. The Morgan fingerprint density at radius 1 is 1.36 bits per heavy atom. The summed E-state index contributed by atoms with van der Waals surface area (Å²) in [5.74, 6) is -2.39. The lowest BCUT2D eigenvalue weighted by atomic mass is 10.2. The van der Waals surface area contributed by atoms with Crippen molar-refractivity contribution in [3.63, 3.8) is 0 Å². The second-order valence-corrected chi connectivity index (χ2v) is 2.10. The molecule has 0 aliphatic carbocycles. The Bertz CT molecular complexity index is 275. The zero-order valence-corrected chi connectivity index (χ0v) is 5.64. The first kappa shape index (κ1) is 7.94. The van der Waals surface area contributed by atoms with Gasteiger partial charge in [-0.1, -0.05) is 0 Å². The van der Waals surface area contributed by atoms with E-state index in [2.05, 4.69) is 0 Å². The Morgan fingerprint density at radius 2 is 2.00 bits per heavy atom. The van der Waals surface area contributed by atoms with Crippen LogP contribution in [0.15, 0.2) is 12.1 Å². The standard InChI is InChI=1S/C7H7F2NO/c8-6-2-5(11)1-4(3-10)7(6)9/h1-2,11H,3,10H2. The highest BCUT2D eigenvalue weighted by molar-refractivity contribution is 5.29. The van der Waals surface area contributed by atoms with Crippen LogP contribution < -0.4 is 5.73 Å². The van der Waals surface area contributed by atoms with Crippen LogP contribution in [0, 0.1) is 11.6 Å². The first-order chi connectivity index (χ1) is 5.15. The molecule has 0 saturated heterocycles. The van der Waals surface area contributed by atoms with Crippen molar-refractivity contribution in [1.82, 2.24) is 0 Å². The summed E-state index contributed by atoms with van der Waals surface area (Å²) in [6.07, 6.45) is 0. The lowest BCUT2D eigenvalue weighted by molar-refractivity contribution is 0.450. The molecule has 0 aliphatic heterocycles. The molecule has 0 radical (unpaired) electrons. The van der Waals surface area contributed by atoms with Crippen molar-refractivity contribution >= 4 is 0 Å². The highest BCUT2D eigenvalue weighted by atomic mass is 19.2. The largest absolute Gasteiger partial charge is 0.508 e. The zero-order chi connectivity index (χ0) is 8.43. The minimum atomic E-state index is -1.08. The van der Waals surface area contributed by atoms with Gasteiger partial charge in [-0.2, -0.15) is 0 Å². The molecule has 0 atom stereocenters. The van der Waals surface area contributed by atoms with Gasteiger partial charge in [0, 0.05) is 18.2 Å². The number of phenolic OH excluding ortho intramolecular Hbond substituents is 1. The molecule has 4 heteroatoms. The molecule has 0 aromatic heterocycles. The lowest BCUT2D eigenvalue weighted by Gasteiger charge is -2.00. The van der Waals surface area contributed by atoms with Gasteiger partial charge in [0.25, 0.3) is 0 Å². The number of nitrogens with two attached hydrogens (primary N) is 1. The van der Waals surface area contributed by atoms with E-state index in [0.717, 1.165) is 6.07 Å². The number of hydrogen-bond acceptors (Lipinski definition) is 2. The van der Waals surface area contributed by atoms with Crippen molar-refractivity contribution in [1.29, 1.82) is 0 Å². The van der Waals surface area contributed by atoms with Crippen molar-refractivity contribution in [3.05, 3.63) is 29.3 Å². The van der Waals surface area contributed by atoms with E-state index in [9.17, 15) is 8.78 Å². The van der Waals surface area contributed by atoms with Crippen LogP contribution in [0.5, 0.6) is 5.75 Å². The van der Waals surface area contributed by atoms with E-state index >= 15 is 0 Å². The van der Waals surface area contributed by atoms with Gasteiger partial charge in [0.1, 0.15) is 5.75 Å². The topological polar surface area (TPSA) is 46.2 Å². The van der Waals surface area contributed by atoms with Crippen LogP contribution in [0.2, 0.25) is 0 Å². The highest BCUT2D eigenvalue weighted by Gasteiger charge is 2.08. The third-order valence-corrected chi connectivity index (χ3v) is 1.31. The molecule has 11 heavy (non-hydrogen) atoms. The number of benzene rings is 1. The summed E-state index contributed by atoms with van der Waals surface area (Å²) in [5, 5.41) is 8.79. The zero-order valence-electron chi connectivity index (χ0n) is 5.64. The maximum absolute atomic E-state index is 12.6. The third kappa shape index (κ3) is 1.46. The molecule has 60 valence electrons. The van der Waals surface area contributed by atoms with E-state index in [-0.39, 0.29) is 17.9 Å². The lowest BCUT2D eigenvalue weighted by Crippen LogP contribution is -2.01. The monoisotopic (exact) mass is 159 g/mol. The van der Waals surface area contributed by atoms with Crippen molar-refractivity contribution < 1.29 is 13.9 Å². The van der Waals surface area contributed by atoms with Crippen molar-refractivity contribution in [2.24, 2.45) is 5.73 Å². The molecule has 2 nitrogen and oxygen atoms in total. The summed E-state index contributed by atoms with van der Waals surface area (Å²) >= 11 is 0. The summed E-state index contributed by atoms with van der Waals surface area (Å²) in [5.41, 5.74) is 5.05. The van der Waals surface area contributed by atoms with Crippen LogP contribution in [0.1, 0.15) is 5.56 Å².